The van der Waals surface area contributed by atoms with Crippen LogP contribution in [0, 0.1) is 5.41 Å². The van der Waals surface area contributed by atoms with Crippen LogP contribution >= 0.6 is 0 Å². The Labute approximate surface area is 418 Å². The van der Waals surface area contributed by atoms with E-state index < -0.39 is 40.4 Å². The second-order valence-corrected chi connectivity index (χ2v) is 22.2. The molecule has 0 aliphatic rings. The fourth-order valence-electron chi connectivity index (χ4n) is 10.1. The van der Waals surface area contributed by atoms with Gasteiger partial charge in [0.15, 0.2) is 22.8 Å². The molecule has 0 aliphatic heterocycles. The molecule has 0 amide bonds. The number of ether oxygens (including phenoxy) is 1. The summed E-state index contributed by atoms with van der Waals surface area (Å²) >= 11 is 0. The van der Waals surface area contributed by atoms with Crippen LogP contribution < -0.4 is 5.73 Å². The first-order valence-electron chi connectivity index (χ1n) is 30.1. The first-order valence-corrected chi connectivity index (χ1v) is 30.1. The van der Waals surface area contributed by atoms with Crippen LogP contribution in [-0.4, -0.2) is 35.0 Å². The lowest BCUT2D eigenvalue weighted by atomic mass is 9.66. The molecular weight excluding hydrogens is 827 g/mol. The van der Waals surface area contributed by atoms with Crippen LogP contribution in [0.15, 0.2) is 0 Å². The van der Waals surface area contributed by atoms with E-state index in [0.29, 0.717) is 19.3 Å². The Morgan fingerprint density at radius 1 is 0.313 bits per heavy atom. The topological polar surface area (TPSA) is 104 Å². The molecule has 0 saturated heterocycles. The average molecular weight is 945 g/mol. The molecular formula is C61H117NO5. The minimum atomic E-state index is -2.18. The van der Waals surface area contributed by atoms with Gasteiger partial charge in [0.05, 0.1) is 0 Å². The van der Waals surface area contributed by atoms with Crippen molar-refractivity contribution in [2.24, 2.45) is 11.1 Å². The number of esters is 1. The standard InChI is InChI=1S/C61H117NO5/c1-7-10-13-16-19-22-25-28-31-34-37-40-43-46-49-52-55(63)61(58(62)59(66)67-60(4,5)6,56(64)53-50-47-44-41-38-35-32-29-26-23-20-17-14-11-8-2)57(65)54-51-48-45-42-39-36-33-30-27-24-21-18-15-12-9-3/h58H,7-54,62H2,1-6H3. The molecule has 0 spiro atoms. The first-order chi connectivity index (χ1) is 32.5. The monoisotopic (exact) mass is 944 g/mol. The Hall–Kier alpha value is -1.56. The van der Waals surface area contributed by atoms with Gasteiger partial charge in [-0.3, -0.25) is 19.2 Å². The van der Waals surface area contributed by atoms with Crippen LogP contribution in [0.2, 0.25) is 0 Å². The van der Waals surface area contributed by atoms with Gasteiger partial charge in [0.1, 0.15) is 11.6 Å². The minimum Gasteiger partial charge on any atom is -0.459 e. The lowest BCUT2D eigenvalue weighted by Gasteiger charge is -2.35. The smallest absolute Gasteiger partial charge is 0.325 e. The molecule has 2 N–H and O–H groups in total. The predicted octanol–water partition coefficient (Wildman–Crippen LogP) is 19.1. The molecule has 1 unspecified atom stereocenters. The Bertz CT molecular complexity index is 1030. The van der Waals surface area contributed by atoms with E-state index in [-0.39, 0.29) is 19.3 Å². The number of rotatable bonds is 53. The van der Waals surface area contributed by atoms with Gasteiger partial charge in [-0.25, -0.2) is 0 Å². The van der Waals surface area contributed by atoms with Crippen LogP contribution in [0.5, 0.6) is 0 Å². The SMILES string of the molecule is CCCCCCCCCCCCCCCCCC(=O)C(C(=O)CCCCCCCCCCCCCCCCC)(C(=O)CCCCCCCCCCCCCCCCC)C(N)C(=O)OC(C)(C)C. The highest BCUT2D eigenvalue weighted by atomic mass is 16.6. The van der Waals surface area contributed by atoms with Crippen LogP contribution in [0.1, 0.15) is 350 Å². The lowest BCUT2D eigenvalue weighted by Crippen LogP contribution is -2.62. The third-order valence-electron chi connectivity index (χ3n) is 14.5. The van der Waals surface area contributed by atoms with Gasteiger partial charge in [0.2, 0.25) is 0 Å². The largest absolute Gasteiger partial charge is 0.459 e. The summed E-state index contributed by atoms with van der Waals surface area (Å²) in [5.74, 6) is -2.21. The number of unbranched alkanes of at least 4 members (excludes halogenated alkanes) is 42. The molecule has 0 radical (unpaired) electrons. The maximum atomic E-state index is 14.6. The van der Waals surface area contributed by atoms with E-state index in [1.807, 2.05) is 0 Å². The van der Waals surface area contributed by atoms with Gasteiger partial charge in [0, 0.05) is 19.3 Å². The minimum absolute atomic E-state index is 0.0873. The van der Waals surface area contributed by atoms with Crippen molar-refractivity contribution in [2.75, 3.05) is 0 Å². The number of nitrogens with two attached hydrogens (primary N) is 1. The highest BCUT2D eigenvalue weighted by Crippen LogP contribution is 2.35. The van der Waals surface area contributed by atoms with E-state index in [1.165, 1.54) is 212 Å². The molecule has 67 heavy (non-hydrogen) atoms. The van der Waals surface area contributed by atoms with E-state index in [9.17, 15) is 19.2 Å². The fourth-order valence-corrected chi connectivity index (χ4v) is 10.1. The molecule has 0 fully saturated rings. The van der Waals surface area contributed by atoms with Gasteiger partial charge in [-0.1, -0.05) is 290 Å². The molecule has 0 heterocycles. The third-order valence-corrected chi connectivity index (χ3v) is 14.5. The molecule has 0 aromatic carbocycles. The molecule has 0 aromatic rings. The summed E-state index contributed by atoms with van der Waals surface area (Å²) in [5.41, 5.74) is 3.69. The van der Waals surface area contributed by atoms with E-state index in [2.05, 4.69) is 20.8 Å². The number of carbonyl (C=O) groups excluding carboxylic acids is 4. The van der Waals surface area contributed by atoms with Gasteiger partial charge in [-0.05, 0) is 40.0 Å². The van der Waals surface area contributed by atoms with E-state index >= 15 is 0 Å². The molecule has 0 rings (SSSR count). The Morgan fingerprint density at radius 3 is 0.642 bits per heavy atom. The first kappa shape index (κ1) is 65.4. The van der Waals surface area contributed by atoms with E-state index in [0.717, 1.165) is 57.8 Å². The number of ketones is 3. The van der Waals surface area contributed by atoms with Gasteiger partial charge in [-0.2, -0.15) is 0 Å². The zero-order valence-electron chi connectivity index (χ0n) is 46.1. The van der Waals surface area contributed by atoms with Gasteiger partial charge >= 0.3 is 5.97 Å². The highest BCUT2D eigenvalue weighted by Gasteiger charge is 2.57. The van der Waals surface area contributed by atoms with Crippen molar-refractivity contribution in [3.63, 3.8) is 0 Å². The van der Waals surface area contributed by atoms with Crippen molar-refractivity contribution < 1.29 is 23.9 Å². The number of hydrogen-bond donors (Lipinski definition) is 1. The van der Waals surface area contributed by atoms with Crippen LogP contribution in [-0.2, 0) is 23.9 Å². The highest BCUT2D eigenvalue weighted by molar-refractivity contribution is 6.27. The van der Waals surface area contributed by atoms with Crippen LogP contribution in [0.25, 0.3) is 0 Å². The third kappa shape index (κ3) is 37.0. The second kappa shape index (κ2) is 46.8. The number of Topliss-reactive ketones (excluding diaryl/α,β-unsaturated/α-hetero) is 3. The molecule has 6 heteroatoms. The Kier molecular flexibility index (Phi) is 45.7. The normalized spacial score (nSPS) is 12.5. The summed E-state index contributed by atoms with van der Waals surface area (Å²) in [4.78, 5) is 57.5. The molecule has 1 atom stereocenters. The van der Waals surface area contributed by atoms with E-state index in [1.54, 1.807) is 20.8 Å². The fraction of sp³-hybridized carbons (Fsp3) is 0.934. The maximum Gasteiger partial charge on any atom is 0.325 e. The quantitative estimate of drug-likeness (QED) is 0.0370. The summed E-state index contributed by atoms with van der Waals surface area (Å²) < 4.78 is 5.73. The van der Waals surface area contributed by atoms with Crippen molar-refractivity contribution in [3.05, 3.63) is 0 Å². The zero-order chi connectivity index (χ0) is 49.5. The summed E-state index contributed by atoms with van der Waals surface area (Å²) in [5, 5.41) is 0. The molecule has 6 nitrogen and oxygen atoms in total. The van der Waals surface area contributed by atoms with Crippen LogP contribution in [0.3, 0.4) is 0 Å². The summed E-state index contributed by atoms with van der Waals surface area (Å²) in [6.07, 6.45) is 54.8. The van der Waals surface area contributed by atoms with Crippen molar-refractivity contribution in [1.82, 2.24) is 0 Å². The van der Waals surface area contributed by atoms with Crippen molar-refractivity contribution in [2.45, 2.75) is 361 Å². The van der Waals surface area contributed by atoms with Gasteiger partial charge < -0.3 is 10.5 Å². The summed E-state index contributed by atoms with van der Waals surface area (Å²) in [7, 11) is 0. The second-order valence-electron chi connectivity index (χ2n) is 22.2. The predicted molar refractivity (Wildman–Crippen MR) is 290 cm³/mol. The van der Waals surface area contributed by atoms with Gasteiger partial charge in [0.25, 0.3) is 0 Å². The molecule has 0 aromatic heterocycles. The van der Waals surface area contributed by atoms with E-state index in [4.69, 9.17) is 10.5 Å². The Morgan fingerprint density at radius 2 is 0.478 bits per heavy atom. The van der Waals surface area contributed by atoms with Gasteiger partial charge in [-0.15, -0.1) is 0 Å². The average Bonchev–Trinajstić information content (AvgIpc) is 3.29. The molecule has 0 aliphatic carbocycles. The van der Waals surface area contributed by atoms with Crippen molar-refractivity contribution >= 4 is 23.3 Å². The molecule has 396 valence electrons. The van der Waals surface area contributed by atoms with Crippen molar-refractivity contribution in [3.8, 4) is 0 Å². The van der Waals surface area contributed by atoms with Crippen molar-refractivity contribution in [1.29, 1.82) is 0 Å². The summed E-state index contributed by atoms with van der Waals surface area (Å²) in [6, 6.07) is -1.64. The van der Waals surface area contributed by atoms with Crippen LogP contribution in [0.4, 0.5) is 0 Å². The maximum absolute atomic E-state index is 14.6. The number of carbonyl (C=O) groups is 4. The number of hydrogen-bond acceptors (Lipinski definition) is 6. The summed E-state index contributed by atoms with van der Waals surface area (Å²) in [6.45, 7) is 12.1. The zero-order valence-corrected chi connectivity index (χ0v) is 46.1. The molecule has 0 saturated carbocycles. The lowest BCUT2D eigenvalue weighted by molar-refractivity contribution is -0.168. The Balaban J connectivity index is 5.36. The molecule has 0 bridgehead atoms.